The average Bonchev–Trinajstić information content (AvgIpc) is 2.25. The molecule has 1 aromatic rings. The van der Waals surface area contributed by atoms with E-state index in [0.717, 1.165) is 6.92 Å². The molecule has 0 fully saturated rings. The fraction of sp³-hybridized carbons (Fsp3) is 0.273. The topological polar surface area (TPSA) is 43.4 Å². The summed E-state index contributed by atoms with van der Waals surface area (Å²) in [4.78, 5) is 21.5. The minimum Gasteiger partial charge on any atom is -0.442 e. The molecule has 3 nitrogen and oxygen atoms in total. The minimum absolute atomic E-state index is 0.227. The van der Waals surface area contributed by atoms with Crippen molar-refractivity contribution in [2.24, 2.45) is 0 Å². The van der Waals surface area contributed by atoms with E-state index in [4.69, 9.17) is 0 Å². The number of ether oxygens (including phenoxy) is 1. The smallest absolute Gasteiger partial charge is 0.429 e. The predicted molar refractivity (Wildman–Crippen MR) is 52.0 cm³/mol. The number of carbonyl (C=O) groups is 2. The van der Waals surface area contributed by atoms with E-state index < -0.39 is 24.0 Å². The minimum atomic E-state index is -4.76. The monoisotopic (exact) mass is 246 g/mol. The van der Waals surface area contributed by atoms with Crippen LogP contribution in [0.25, 0.3) is 0 Å². The lowest BCUT2D eigenvalue weighted by atomic mass is 10.1. The van der Waals surface area contributed by atoms with Gasteiger partial charge < -0.3 is 4.74 Å². The maximum atomic E-state index is 12.6. The Labute approximate surface area is 95.2 Å². The molecule has 0 aliphatic rings. The van der Waals surface area contributed by atoms with Gasteiger partial charge in [0, 0.05) is 12.5 Å². The van der Waals surface area contributed by atoms with Crippen molar-refractivity contribution in [3.8, 4) is 0 Å². The molecular formula is C11H9F3O3. The molecule has 1 rings (SSSR count). The Kier molecular flexibility index (Phi) is 3.88. The highest BCUT2D eigenvalue weighted by atomic mass is 19.4. The molecular weight excluding hydrogens is 237 g/mol. The van der Waals surface area contributed by atoms with Gasteiger partial charge >= 0.3 is 12.1 Å². The molecule has 0 saturated heterocycles. The Morgan fingerprint density at radius 1 is 1.18 bits per heavy atom. The van der Waals surface area contributed by atoms with E-state index >= 15 is 0 Å². The van der Waals surface area contributed by atoms with Crippen molar-refractivity contribution in [3.63, 3.8) is 0 Å². The molecule has 17 heavy (non-hydrogen) atoms. The zero-order valence-electron chi connectivity index (χ0n) is 8.82. The van der Waals surface area contributed by atoms with Crippen molar-refractivity contribution < 1.29 is 27.5 Å². The Balaban J connectivity index is 2.98. The van der Waals surface area contributed by atoms with Crippen molar-refractivity contribution in [2.75, 3.05) is 0 Å². The summed E-state index contributed by atoms with van der Waals surface area (Å²) in [6.07, 6.45) is -7.17. The van der Waals surface area contributed by atoms with E-state index in [9.17, 15) is 22.8 Å². The van der Waals surface area contributed by atoms with E-state index in [1.165, 1.54) is 30.3 Å². The first-order chi connectivity index (χ1) is 7.82. The Morgan fingerprint density at radius 2 is 1.71 bits per heavy atom. The predicted octanol–water partition coefficient (Wildman–Crippen LogP) is 2.42. The zero-order chi connectivity index (χ0) is 13.1. The molecule has 0 aromatic heterocycles. The molecule has 1 atom stereocenters. The highest BCUT2D eigenvalue weighted by molar-refractivity contribution is 6.32. The van der Waals surface area contributed by atoms with Crippen LogP contribution in [0.4, 0.5) is 13.2 Å². The van der Waals surface area contributed by atoms with Gasteiger partial charge in [0.1, 0.15) is 0 Å². The number of benzene rings is 1. The molecule has 6 heteroatoms. The molecule has 1 aromatic carbocycles. The molecule has 0 aliphatic carbocycles. The van der Waals surface area contributed by atoms with Crippen LogP contribution in [0.3, 0.4) is 0 Å². The third-order valence-corrected chi connectivity index (χ3v) is 1.91. The first-order valence-electron chi connectivity index (χ1n) is 4.65. The first kappa shape index (κ1) is 13.2. The molecule has 0 N–H and O–H groups in total. The third kappa shape index (κ3) is 3.58. The number of hydrogen-bond donors (Lipinski definition) is 0. The van der Waals surface area contributed by atoms with E-state index in [0.29, 0.717) is 0 Å². The van der Waals surface area contributed by atoms with Crippen LogP contribution in [-0.2, 0) is 14.3 Å². The van der Waals surface area contributed by atoms with Crippen molar-refractivity contribution in [1.29, 1.82) is 0 Å². The molecule has 0 amide bonds. The van der Waals surface area contributed by atoms with Crippen molar-refractivity contribution in [3.05, 3.63) is 35.9 Å². The number of esters is 1. The van der Waals surface area contributed by atoms with Gasteiger partial charge in [0.15, 0.2) is 0 Å². The summed E-state index contributed by atoms with van der Waals surface area (Å²) in [5.74, 6) is -2.58. The second kappa shape index (κ2) is 4.99. The Morgan fingerprint density at radius 3 is 2.12 bits per heavy atom. The van der Waals surface area contributed by atoms with Crippen molar-refractivity contribution in [1.82, 2.24) is 0 Å². The van der Waals surface area contributed by atoms with Gasteiger partial charge in [-0.2, -0.15) is 13.2 Å². The molecule has 92 valence electrons. The fourth-order valence-corrected chi connectivity index (χ4v) is 1.14. The summed E-state index contributed by atoms with van der Waals surface area (Å²) in [6.45, 7) is 0.848. The number of hydrogen-bond acceptors (Lipinski definition) is 3. The number of Topliss-reactive ketones (excluding diaryl/α,β-unsaturated/α-hetero) is 1. The molecule has 0 spiro atoms. The van der Waals surface area contributed by atoms with Crippen LogP contribution in [0.1, 0.15) is 18.6 Å². The summed E-state index contributed by atoms with van der Waals surface area (Å²) in [7, 11) is 0. The van der Waals surface area contributed by atoms with Crippen LogP contribution in [0.5, 0.6) is 0 Å². The SMILES string of the molecule is CC(=O)C(=O)OC(c1ccccc1)C(F)(F)F. The van der Waals surface area contributed by atoms with Gasteiger partial charge in [-0.05, 0) is 0 Å². The van der Waals surface area contributed by atoms with Gasteiger partial charge in [0.05, 0.1) is 0 Å². The number of alkyl halides is 3. The molecule has 0 aliphatic heterocycles. The summed E-state index contributed by atoms with van der Waals surface area (Å²) in [5, 5.41) is 0. The molecule has 0 bridgehead atoms. The van der Waals surface area contributed by atoms with Gasteiger partial charge in [0.2, 0.25) is 11.9 Å². The zero-order valence-corrected chi connectivity index (χ0v) is 8.82. The lowest BCUT2D eigenvalue weighted by Crippen LogP contribution is -2.28. The van der Waals surface area contributed by atoms with Gasteiger partial charge in [-0.3, -0.25) is 4.79 Å². The summed E-state index contributed by atoms with van der Waals surface area (Å²) < 4.78 is 42.1. The Hall–Kier alpha value is -1.85. The van der Waals surface area contributed by atoms with Crippen LogP contribution in [-0.4, -0.2) is 17.9 Å². The van der Waals surface area contributed by atoms with E-state index in [-0.39, 0.29) is 5.56 Å². The largest absolute Gasteiger partial charge is 0.442 e. The standard InChI is InChI=1S/C11H9F3O3/c1-7(15)10(16)17-9(11(12,13)14)8-5-3-2-4-6-8/h2-6,9H,1H3. The molecule has 0 saturated carbocycles. The van der Waals surface area contributed by atoms with Gasteiger partial charge in [-0.1, -0.05) is 30.3 Å². The third-order valence-electron chi connectivity index (χ3n) is 1.91. The van der Waals surface area contributed by atoms with Crippen LogP contribution in [0.2, 0.25) is 0 Å². The summed E-state index contributed by atoms with van der Waals surface area (Å²) in [6, 6.07) is 6.65. The lowest BCUT2D eigenvalue weighted by molar-refractivity contribution is -0.223. The average molecular weight is 246 g/mol. The first-order valence-corrected chi connectivity index (χ1v) is 4.65. The number of halogens is 3. The summed E-state index contributed by atoms with van der Waals surface area (Å²) >= 11 is 0. The number of ketones is 1. The van der Waals surface area contributed by atoms with E-state index in [1.807, 2.05) is 0 Å². The van der Waals surface area contributed by atoms with Crippen LogP contribution in [0.15, 0.2) is 30.3 Å². The maximum absolute atomic E-state index is 12.6. The van der Waals surface area contributed by atoms with Crippen molar-refractivity contribution in [2.45, 2.75) is 19.2 Å². The quantitative estimate of drug-likeness (QED) is 0.607. The number of carbonyl (C=O) groups excluding carboxylic acids is 2. The number of rotatable bonds is 3. The Bertz CT molecular complexity index is 412. The van der Waals surface area contributed by atoms with Gasteiger partial charge in [-0.15, -0.1) is 0 Å². The maximum Gasteiger partial charge on any atom is 0.429 e. The fourth-order valence-electron chi connectivity index (χ4n) is 1.14. The molecule has 1 unspecified atom stereocenters. The van der Waals surface area contributed by atoms with Crippen LogP contribution < -0.4 is 0 Å². The lowest BCUT2D eigenvalue weighted by Gasteiger charge is -2.20. The normalized spacial score (nSPS) is 12.9. The van der Waals surface area contributed by atoms with E-state index in [2.05, 4.69) is 4.74 Å². The second-order valence-electron chi connectivity index (χ2n) is 3.29. The van der Waals surface area contributed by atoms with Gasteiger partial charge in [-0.25, -0.2) is 4.79 Å². The highest BCUT2D eigenvalue weighted by Gasteiger charge is 2.44. The molecule has 0 heterocycles. The van der Waals surface area contributed by atoms with E-state index in [1.54, 1.807) is 0 Å². The second-order valence-corrected chi connectivity index (χ2v) is 3.29. The highest BCUT2D eigenvalue weighted by Crippen LogP contribution is 2.35. The van der Waals surface area contributed by atoms with Crippen LogP contribution in [0, 0.1) is 0 Å². The van der Waals surface area contributed by atoms with Crippen LogP contribution >= 0.6 is 0 Å². The van der Waals surface area contributed by atoms with Crippen molar-refractivity contribution >= 4 is 11.8 Å². The van der Waals surface area contributed by atoms with Gasteiger partial charge in [0.25, 0.3) is 0 Å². The summed E-state index contributed by atoms with van der Waals surface area (Å²) in [5.41, 5.74) is -0.227. The molecule has 0 radical (unpaired) electrons.